The molecule has 1 aromatic heterocycles. The molecule has 8 heteroatoms. The van der Waals surface area contributed by atoms with Crippen molar-refractivity contribution in [3.63, 3.8) is 0 Å². The first-order valence-electron chi connectivity index (χ1n) is 4.23. The lowest BCUT2D eigenvalue weighted by molar-refractivity contribution is -0.137. The zero-order valence-corrected chi connectivity index (χ0v) is 11.4. The van der Waals surface area contributed by atoms with E-state index in [4.69, 9.17) is 5.11 Å². The molecular weight excluding hydrogens is 348 g/mol. The smallest absolute Gasteiger partial charge is 0.305 e. The van der Waals surface area contributed by atoms with Gasteiger partial charge in [0.15, 0.2) is 0 Å². The van der Waals surface area contributed by atoms with Crippen molar-refractivity contribution >= 4 is 37.8 Å². The molecule has 0 aromatic carbocycles. The first-order valence-corrected chi connectivity index (χ1v) is 5.81. The average molecular weight is 356 g/mol. The quantitative estimate of drug-likeness (QED) is 0.858. The Morgan fingerprint density at radius 3 is 2.25 bits per heavy atom. The van der Waals surface area contributed by atoms with E-state index >= 15 is 0 Å². The molecule has 0 bridgehead atoms. The van der Waals surface area contributed by atoms with Crippen LogP contribution in [-0.4, -0.2) is 20.4 Å². The Morgan fingerprint density at radius 2 is 1.75 bits per heavy atom. The Balaban J connectivity index is 3.35. The second kappa shape index (κ2) is 4.96. The third-order valence-corrected chi connectivity index (χ3v) is 4.00. The van der Waals surface area contributed by atoms with E-state index < -0.39 is 17.1 Å². The highest BCUT2D eigenvalue weighted by atomic mass is 79.9. The van der Waals surface area contributed by atoms with Gasteiger partial charge in [-0.3, -0.25) is 14.4 Å². The fourth-order valence-electron chi connectivity index (χ4n) is 1.14. The van der Waals surface area contributed by atoms with Crippen molar-refractivity contribution in [1.29, 1.82) is 0 Å². The van der Waals surface area contributed by atoms with Crippen LogP contribution in [0.3, 0.4) is 0 Å². The van der Waals surface area contributed by atoms with E-state index in [1.54, 1.807) is 0 Å². The van der Waals surface area contributed by atoms with Crippen molar-refractivity contribution in [3.05, 3.63) is 29.7 Å². The van der Waals surface area contributed by atoms with Crippen LogP contribution < -0.4 is 11.1 Å². The molecule has 0 aliphatic carbocycles. The summed E-state index contributed by atoms with van der Waals surface area (Å²) >= 11 is 5.97. The highest BCUT2D eigenvalue weighted by Crippen LogP contribution is 2.13. The number of aliphatic carboxylic acids is 1. The largest absolute Gasteiger partial charge is 0.481 e. The predicted molar refractivity (Wildman–Crippen MR) is 63.6 cm³/mol. The number of carboxylic acid groups (broad SMARTS) is 1. The summed E-state index contributed by atoms with van der Waals surface area (Å²) in [7, 11) is 1.41. The summed E-state index contributed by atoms with van der Waals surface area (Å²) in [6.45, 7) is -0.0498. The second-order valence-corrected chi connectivity index (χ2v) is 4.61. The summed E-state index contributed by atoms with van der Waals surface area (Å²) < 4.78 is 2.39. The Labute approximate surface area is 107 Å². The van der Waals surface area contributed by atoms with Crippen LogP contribution in [0.1, 0.15) is 6.42 Å². The molecule has 16 heavy (non-hydrogen) atoms. The summed E-state index contributed by atoms with van der Waals surface area (Å²) in [6.07, 6.45) is -0.221. The maximum atomic E-state index is 11.7. The lowest BCUT2D eigenvalue weighted by atomic mass is 10.4. The number of halogens is 2. The summed E-state index contributed by atoms with van der Waals surface area (Å²) in [6, 6.07) is 0. The molecule has 6 nitrogen and oxygen atoms in total. The molecule has 0 radical (unpaired) electrons. The van der Waals surface area contributed by atoms with E-state index in [0.717, 1.165) is 9.36 Å². The topological polar surface area (TPSA) is 81.3 Å². The molecule has 0 spiro atoms. The lowest BCUT2D eigenvalue weighted by Crippen LogP contribution is -2.38. The maximum absolute atomic E-state index is 11.7. The van der Waals surface area contributed by atoms with Crippen LogP contribution in [0.2, 0.25) is 0 Å². The van der Waals surface area contributed by atoms with E-state index in [2.05, 4.69) is 31.9 Å². The number of carbonyl (C=O) groups is 1. The number of nitrogens with zero attached hydrogens (tertiary/aromatic N) is 2. The fourth-order valence-corrected chi connectivity index (χ4v) is 1.94. The van der Waals surface area contributed by atoms with Gasteiger partial charge in [-0.25, -0.2) is 9.36 Å². The van der Waals surface area contributed by atoms with Crippen molar-refractivity contribution < 1.29 is 9.90 Å². The van der Waals surface area contributed by atoms with Crippen LogP contribution >= 0.6 is 31.9 Å². The van der Waals surface area contributed by atoms with Crippen LogP contribution in [0.25, 0.3) is 0 Å². The molecule has 0 saturated carbocycles. The fraction of sp³-hybridized carbons (Fsp3) is 0.375. The van der Waals surface area contributed by atoms with Gasteiger partial charge in [0.1, 0.15) is 8.95 Å². The predicted octanol–water partition coefficient (Wildman–Crippen LogP) is 0.547. The van der Waals surface area contributed by atoms with Crippen LogP contribution in [0.15, 0.2) is 18.5 Å². The van der Waals surface area contributed by atoms with Gasteiger partial charge in [-0.2, -0.15) is 0 Å². The van der Waals surface area contributed by atoms with Crippen LogP contribution in [-0.2, 0) is 18.4 Å². The standard InChI is InChI=1S/C8H8Br2N2O4/c1-11-7(15)5(9)6(10)8(16)12(11)3-2-4(13)14/h2-3H2,1H3,(H,13,14). The first-order chi connectivity index (χ1) is 7.36. The molecule has 0 amide bonds. The second-order valence-electron chi connectivity index (χ2n) is 3.03. The molecule has 1 rings (SSSR count). The van der Waals surface area contributed by atoms with Gasteiger partial charge >= 0.3 is 5.97 Å². The summed E-state index contributed by atoms with van der Waals surface area (Å²) in [5.41, 5.74) is -0.855. The van der Waals surface area contributed by atoms with Crippen molar-refractivity contribution in [3.8, 4) is 0 Å². The summed E-state index contributed by atoms with van der Waals surface area (Å²) in [5.74, 6) is -1.03. The van der Waals surface area contributed by atoms with Gasteiger partial charge in [0.25, 0.3) is 11.1 Å². The van der Waals surface area contributed by atoms with Crippen molar-refractivity contribution in [2.24, 2.45) is 7.05 Å². The number of hydrogen-bond donors (Lipinski definition) is 1. The molecule has 0 fully saturated rings. The SMILES string of the molecule is Cn1c(=O)c(Br)c(Br)c(=O)n1CCC(=O)O. The number of aromatic nitrogens is 2. The van der Waals surface area contributed by atoms with Gasteiger partial charge in [-0.1, -0.05) is 0 Å². The number of hydrogen-bond acceptors (Lipinski definition) is 3. The molecule has 1 heterocycles. The summed E-state index contributed by atoms with van der Waals surface area (Å²) in [5, 5.41) is 8.53. The number of carboxylic acids is 1. The molecule has 0 atom stereocenters. The van der Waals surface area contributed by atoms with E-state index in [9.17, 15) is 14.4 Å². The lowest BCUT2D eigenvalue weighted by Gasteiger charge is -2.11. The minimum absolute atomic E-state index is 0.0498. The normalized spacial score (nSPS) is 10.4. The Kier molecular flexibility index (Phi) is 4.09. The van der Waals surface area contributed by atoms with Crippen LogP contribution in [0.4, 0.5) is 0 Å². The Bertz CT molecular complexity index is 546. The molecular formula is C8H8Br2N2O4. The highest BCUT2D eigenvalue weighted by Gasteiger charge is 2.13. The minimum atomic E-state index is -1.03. The van der Waals surface area contributed by atoms with Crippen molar-refractivity contribution in [2.45, 2.75) is 13.0 Å². The van der Waals surface area contributed by atoms with Crippen LogP contribution in [0.5, 0.6) is 0 Å². The van der Waals surface area contributed by atoms with Gasteiger partial charge < -0.3 is 5.11 Å². The molecule has 88 valence electrons. The van der Waals surface area contributed by atoms with Gasteiger partial charge in [-0.15, -0.1) is 0 Å². The van der Waals surface area contributed by atoms with E-state index in [-0.39, 0.29) is 21.9 Å². The van der Waals surface area contributed by atoms with E-state index in [1.165, 1.54) is 7.05 Å². The molecule has 1 N–H and O–H groups in total. The third kappa shape index (κ3) is 2.43. The third-order valence-electron chi connectivity index (χ3n) is 2.00. The zero-order valence-electron chi connectivity index (χ0n) is 8.24. The molecule has 0 saturated heterocycles. The first kappa shape index (κ1) is 13.2. The van der Waals surface area contributed by atoms with Gasteiger partial charge in [0, 0.05) is 7.05 Å². The van der Waals surface area contributed by atoms with Gasteiger partial charge in [0.2, 0.25) is 0 Å². The molecule has 1 aromatic rings. The average Bonchev–Trinajstić information content (AvgIpc) is 2.23. The van der Waals surface area contributed by atoms with E-state index in [1.807, 2.05) is 0 Å². The van der Waals surface area contributed by atoms with Crippen LogP contribution in [0, 0.1) is 0 Å². The highest BCUT2D eigenvalue weighted by molar-refractivity contribution is 9.13. The van der Waals surface area contributed by atoms with Crippen molar-refractivity contribution in [2.75, 3.05) is 0 Å². The molecule has 0 aliphatic heterocycles. The minimum Gasteiger partial charge on any atom is -0.481 e. The van der Waals surface area contributed by atoms with Crippen molar-refractivity contribution in [1.82, 2.24) is 9.36 Å². The maximum Gasteiger partial charge on any atom is 0.305 e. The van der Waals surface area contributed by atoms with Gasteiger partial charge in [-0.05, 0) is 31.9 Å². The Morgan fingerprint density at radius 1 is 1.25 bits per heavy atom. The summed E-state index contributed by atoms with van der Waals surface area (Å²) in [4.78, 5) is 33.7. The van der Waals surface area contributed by atoms with Gasteiger partial charge in [0.05, 0.1) is 13.0 Å². The zero-order chi connectivity index (χ0) is 12.5. The molecule has 0 unspecified atom stereocenters. The monoisotopic (exact) mass is 354 g/mol. The Hall–Kier alpha value is -0.890. The molecule has 0 aliphatic rings. The number of rotatable bonds is 3. The van der Waals surface area contributed by atoms with E-state index in [0.29, 0.717) is 0 Å².